The predicted octanol–water partition coefficient (Wildman–Crippen LogP) is 2.18. The fourth-order valence-electron chi connectivity index (χ4n) is 1.17. The maximum atomic E-state index is 9.47. The summed E-state index contributed by atoms with van der Waals surface area (Å²) in [6.45, 7) is 4.02. The summed E-state index contributed by atoms with van der Waals surface area (Å²) in [7, 11) is 0. The minimum absolute atomic E-state index is 0.0958. The van der Waals surface area contributed by atoms with Gasteiger partial charge in [-0.2, -0.15) is 0 Å². The van der Waals surface area contributed by atoms with Crippen molar-refractivity contribution in [2.45, 2.75) is 13.8 Å². The summed E-state index contributed by atoms with van der Waals surface area (Å²) in [4.78, 5) is 0. The van der Waals surface area contributed by atoms with Crippen molar-refractivity contribution in [3.8, 4) is 11.5 Å². The van der Waals surface area contributed by atoms with Crippen LogP contribution in [0.3, 0.4) is 0 Å². The van der Waals surface area contributed by atoms with Crippen molar-refractivity contribution >= 4 is 5.71 Å². The van der Waals surface area contributed by atoms with E-state index in [1.165, 1.54) is 0 Å². The molecule has 1 aromatic rings. The lowest BCUT2D eigenvalue weighted by Gasteiger charge is -2.09. The molecule has 0 aromatic heterocycles. The maximum absolute atomic E-state index is 9.47. The van der Waals surface area contributed by atoms with E-state index < -0.39 is 0 Å². The Balaban J connectivity index is 3.17. The molecule has 0 heterocycles. The molecule has 0 saturated carbocycles. The summed E-state index contributed by atoms with van der Waals surface area (Å²) in [5, 5.41) is 16.9. The molecule has 0 spiro atoms. The molecular weight excluding hydrogens is 166 g/mol. The van der Waals surface area contributed by atoms with Crippen LogP contribution >= 0.6 is 0 Å². The summed E-state index contributed by atoms with van der Waals surface area (Å²) >= 11 is 0. The fraction of sp³-hybridized carbons (Fsp3) is 0.300. The number of phenolic OH excluding ortho intramolecular Hbond substituents is 1. The van der Waals surface area contributed by atoms with Crippen LogP contribution in [0.4, 0.5) is 0 Å². The monoisotopic (exact) mass is 179 g/mol. The summed E-state index contributed by atoms with van der Waals surface area (Å²) in [5.41, 5.74) is 0.783. The highest BCUT2D eigenvalue weighted by Crippen LogP contribution is 2.27. The number of nitrogens with one attached hydrogen (secondary N) is 1. The smallest absolute Gasteiger partial charge is 0.132 e. The molecule has 13 heavy (non-hydrogen) atoms. The molecule has 0 radical (unpaired) electrons. The number of hydrogen-bond acceptors (Lipinski definition) is 3. The van der Waals surface area contributed by atoms with Crippen molar-refractivity contribution in [3.05, 3.63) is 23.8 Å². The third-order valence-corrected chi connectivity index (χ3v) is 1.68. The second-order valence-electron chi connectivity index (χ2n) is 2.71. The number of rotatable bonds is 3. The summed E-state index contributed by atoms with van der Waals surface area (Å²) in [6, 6.07) is 5.00. The van der Waals surface area contributed by atoms with Crippen molar-refractivity contribution in [2.75, 3.05) is 6.61 Å². The molecule has 0 saturated heterocycles. The zero-order valence-corrected chi connectivity index (χ0v) is 7.79. The van der Waals surface area contributed by atoms with E-state index in [1.807, 2.05) is 6.92 Å². The highest BCUT2D eigenvalue weighted by molar-refractivity contribution is 6.01. The lowest BCUT2D eigenvalue weighted by molar-refractivity contribution is 0.337. The Morgan fingerprint density at radius 1 is 1.54 bits per heavy atom. The SMILES string of the molecule is CCOc1cccc(O)c1C(C)=N. The molecule has 0 unspecified atom stereocenters. The first-order chi connectivity index (χ1) is 6.16. The van der Waals surface area contributed by atoms with Gasteiger partial charge in [0.25, 0.3) is 0 Å². The van der Waals surface area contributed by atoms with E-state index in [-0.39, 0.29) is 5.75 Å². The molecule has 1 rings (SSSR count). The molecule has 0 fully saturated rings. The minimum Gasteiger partial charge on any atom is -0.507 e. The largest absolute Gasteiger partial charge is 0.507 e. The van der Waals surface area contributed by atoms with Crippen LogP contribution in [0.5, 0.6) is 11.5 Å². The molecule has 0 bridgehead atoms. The van der Waals surface area contributed by atoms with Gasteiger partial charge in [0.05, 0.1) is 12.2 Å². The molecule has 0 amide bonds. The average Bonchev–Trinajstić information content (AvgIpc) is 2.04. The van der Waals surface area contributed by atoms with Crippen LogP contribution in [-0.4, -0.2) is 17.4 Å². The molecule has 0 atom stereocenters. The predicted molar refractivity (Wildman–Crippen MR) is 51.8 cm³/mol. The van der Waals surface area contributed by atoms with E-state index >= 15 is 0 Å². The van der Waals surface area contributed by atoms with E-state index in [0.717, 1.165) is 0 Å². The van der Waals surface area contributed by atoms with Gasteiger partial charge in [0.15, 0.2) is 0 Å². The highest BCUT2D eigenvalue weighted by Gasteiger charge is 2.09. The van der Waals surface area contributed by atoms with Gasteiger partial charge in [0, 0.05) is 5.71 Å². The molecule has 0 aliphatic rings. The molecular formula is C10H13NO2. The lowest BCUT2D eigenvalue weighted by atomic mass is 10.1. The normalized spacial score (nSPS) is 9.69. The molecule has 3 heteroatoms. The van der Waals surface area contributed by atoms with Gasteiger partial charge < -0.3 is 15.3 Å². The van der Waals surface area contributed by atoms with Crippen molar-refractivity contribution in [1.29, 1.82) is 5.41 Å². The quantitative estimate of drug-likeness (QED) is 0.699. The Labute approximate surface area is 77.5 Å². The molecule has 1 aromatic carbocycles. The topological polar surface area (TPSA) is 53.3 Å². The van der Waals surface area contributed by atoms with Crippen LogP contribution in [0, 0.1) is 5.41 Å². The van der Waals surface area contributed by atoms with E-state index in [2.05, 4.69) is 0 Å². The van der Waals surface area contributed by atoms with Crippen molar-refractivity contribution in [3.63, 3.8) is 0 Å². The number of ether oxygens (including phenoxy) is 1. The third-order valence-electron chi connectivity index (χ3n) is 1.68. The van der Waals surface area contributed by atoms with Crippen molar-refractivity contribution in [1.82, 2.24) is 0 Å². The van der Waals surface area contributed by atoms with Crippen LogP contribution < -0.4 is 4.74 Å². The Kier molecular flexibility index (Phi) is 2.90. The number of hydrogen-bond donors (Lipinski definition) is 2. The third kappa shape index (κ3) is 1.99. The van der Waals surface area contributed by atoms with Gasteiger partial charge in [-0.05, 0) is 26.0 Å². The highest BCUT2D eigenvalue weighted by atomic mass is 16.5. The van der Waals surface area contributed by atoms with Gasteiger partial charge >= 0.3 is 0 Å². The molecule has 2 N–H and O–H groups in total. The van der Waals surface area contributed by atoms with Crippen LogP contribution in [0.2, 0.25) is 0 Å². The van der Waals surface area contributed by atoms with E-state index in [9.17, 15) is 5.11 Å². The fourth-order valence-corrected chi connectivity index (χ4v) is 1.17. The minimum atomic E-state index is 0.0958. The van der Waals surface area contributed by atoms with Gasteiger partial charge in [-0.1, -0.05) is 6.07 Å². The Morgan fingerprint density at radius 2 is 2.23 bits per heavy atom. The first kappa shape index (κ1) is 9.58. The first-order valence-corrected chi connectivity index (χ1v) is 4.17. The lowest BCUT2D eigenvalue weighted by Crippen LogP contribution is -2.00. The molecule has 3 nitrogen and oxygen atoms in total. The average molecular weight is 179 g/mol. The van der Waals surface area contributed by atoms with Gasteiger partial charge in [-0.15, -0.1) is 0 Å². The number of aromatic hydroxyl groups is 1. The number of phenols is 1. The van der Waals surface area contributed by atoms with Gasteiger partial charge in [0.2, 0.25) is 0 Å². The van der Waals surface area contributed by atoms with E-state index in [4.69, 9.17) is 10.1 Å². The Morgan fingerprint density at radius 3 is 2.77 bits per heavy atom. The van der Waals surface area contributed by atoms with Crippen molar-refractivity contribution < 1.29 is 9.84 Å². The Hall–Kier alpha value is -1.51. The summed E-state index contributed by atoms with van der Waals surface area (Å²) in [6.07, 6.45) is 0. The van der Waals surface area contributed by atoms with Crippen LogP contribution in [0.25, 0.3) is 0 Å². The summed E-state index contributed by atoms with van der Waals surface area (Å²) < 4.78 is 5.28. The number of benzene rings is 1. The van der Waals surface area contributed by atoms with Crippen LogP contribution in [0.1, 0.15) is 19.4 Å². The molecule has 0 aliphatic carbocycles. The van der Waals surface area contributed by atoms with Gasteiger partial charge in [-0.25, -0.2) is 0 Å². The van der Waals surface area contributed by atoms with Crippen molar-refractivity contribution in [2.24, 2.45) is 0 Å². The second kappa shape index (κ2) is 3.94. The van der Waals surface area contributed by atoms with E-state index in [0.29, 0.717) is 23.6 Å². The van der Waals surface area contributed by atoms with Gasteiger partial charge in [0.1, 0.15) is 11.5 Å². The summed E-state index contributed by atoms with van der Waals surface area (Å²) in [5.74, 6) is 0.661. The zero-order valence-electron chi connectivity index (χ0n) is 7.79. The van der Waals surface area contributed by atoms with Gasteiger partial charge in [-0.3, -0.25) is 0 Å². The Bertz CT molecular complexity index is 321. The van der Waals surface area contributed by atoms with E-state index in [1.54, 1.807) is 25.1 Å². The molecule has 70 valence electrons. The maximum Gasteiger partial charge on any atom is 0.132 e. The zero-order chi connectivity index (χ0) is 9.84. The molecule has 0 aliphatic heterocycles. The van der Waals surface area contributed by atoms with Crippen LogP contribution in [0.15, 0.2) is 18.2 Å². The second-order valence-corrected chi connectivity index (χ2v) is 2.71. The van der Waals surface area contributed by atoms with Crippen LogP contribution in [-0.2, 0) is 0 Å². The first-order valence-electron chi connectivity index (χ1n) is 4.17. The standard InChI is InChI=1S/C10H13NO2/c1-3-13-9-6-4-5-8(12)10(9)7(2)11/h4-6,11-12H,3H2,1-2H3.